The summed E-state index contributed by atoms with van der Waals surface area (Å²) in [6.07, 6.45) is 6.58. The van der Waals surface area contributed by atoms with Gasteiger partial charge in [-0.2, -0.15) is 5.10 Å². The number of aromatic nitrogens is 3. The van der Waals surface area contributed by atoms with E-state index in [-0.39, 0.29) is 11.5 Å². The molecule has 7 nitrogen and oxygen atoms in total. The van der Waals surface area contributed by atoms with Gasteiger partial charge in [0.2, 0.25) is 0 Å². The fraction of sp³-hybridized carbons (Fsp3) is 0.571. The van der Waals surface area contributed by atoms with E-state index in [1.54, 1.807) is 17.1 Å². The van der Waals surface area contributed by atoms with E-state index in [1.165, 1.54) is 0 Å². The minimum absolute atomic E-state index is 0.0727. The molecule has 2 fully saturated rings. The van der Waals surface area contributed by atoms with E-state index in [0.29, 0.717) is 24.7 Å². The van der Waals surface area contributed by atoms with Crippen LogP contribution in [0.4, 0.5) is 5.69 Å². The normalized spacial score (nSPS) is 24.6. The Bertz CT molecular complexity index is 821. The van der Waals surface area contributed by atoms with Crippen LogP contribution < -0.4 is 5.32 Å². The highest BCUT2D eigenvalue weighted by atomic mass is 16.5. The molecule has 7 heteroatoms. The standard InChI is InChI=1S/C21H29N5O2/c1-3-26-19(11-16(2)24-26)20(27)25-10-4-7-21(15-25)12-17(14-28-21)13-23-18-5-8-22-9-6-18/h5-6,8-9,11,17H,3-4,7,10,12-15H2,1-2H3,(H,22,23). The van der Waals surface area contributed by atoms with Crippen LogP contribution in [0.25, 0.3) is 0 Å². The topological polar surface area (TPSA) is 72.3 Å². The summed E-state index contributed by atoms with van der Waals surface area (Å²) in [7, 11) is 0. The Morgan fingerprint density at radius 3 is 3.00 bits per heavy atom. The van der Waals surface area contributed by atoms with Gasteiger partial charge in [-0.3, -0.25) is 14.5 Å². The third-order valence-corrected chi connectivity index (χ3v) is 5.81. The van der Waals surface area contributed by atoms with E-state index in [2.05, 4.69) is 15.4 Å². The first kappa shape index (κ1) is 18.9. The van der Waals surface area contributed by atoms with Gasteiger partial charge < -0.3 is 15.0 Å². The van der Waals surface area contributed by atoms with Crippen molar-refractivity contribution in [3.8, 4) is 0 Å². The van der Waals surface area contributed by atoms with Crippen molar-refractivity contribution in [2.75, 3.05) is 31.6 Å². The number of rotatable bonds is 5. The molecule has 2 aliphatic heterocycles. The monoisotopic (exact) mass is 383 g/mol. The predicted octanol–water partition coefficient (Wildman–Crippen LogP) is 2.73. The maximum atomic E-state index is 13.1. The van der Waals surface area contributed by atoms with Crippen molar-refractivity contribution in [1.82, 2.24) is 19.7 Å². The molecule has 0 aliphatic carbocycles. The lowest BCUT2D eigenvalue weighted by Gasteiger charge is -2.39. The number of carbonyl (C=O) groups excluding carboxylic acids is 1. The van der Waals surface area contributed by atoms with E-state index in [0.717, 1.165) is 50.3 Å². The van der Waals surface area contributed by atoms with Crippen molar-refractivity contribution < 1.29 is 9.53 Å². The average molecular weight is 383 g/mol. The lowest BCUT2D eigenvalue weighted by molar-refractivity contribution is -0.0451. The Kier molecular flexibility index (Phi) is 5.35. The molecule has 1 amide bonds. The number of likely N-dealkylation sites (tertiary alicyclic amines) is 1. The zero-order valence-electron chi connectivity index (χ0n) is 16.7. The number of nitrogens with zero attached hydrogens (tertiary/aromatic N) is 4. The SMILES string of the molecule is CCn1nc(C)cc1C(=O)N1CCCC2(CC(CNc3ccncc3)CO2)C1. The van der Waals surface area contributed by atoms with E-state index in [9.17, 15) is 4.79 Å². The number of nitrogens with one attached hydrogen (secondary N) is 1. The van der Waals surface area contributed by atoms with E-state index < -0.39 is 0 Å². The smallest absolute Gasteiger partial charge is 0.272 e. The summed E-state index contributed by atoms with van der Waals surface area (Å²) in [6, 6.07) is 5.85. The maximum Gasteiger partial charge on any atom is 0.272 e. The molecule has 0 radical (unpaired) electrons. The first-order valence-electron chi connectivity index (χ1n) is 10.2. The summed E-state index contributed by atoms with van der Waals surface area (Å²) in [5.41, 5.74) is 2.45. The molecular weight excluding hydrogens is 354 g/mol. The Morgan fingerprint density at radius 2 is 2.21 bits per heavy atom. The predicted molar refractivity (Wildman–Crippen MR) is 107 cm³/mol. The highest BCUT2D eigenvalue weighted by molar-refractivity contribution is 5.92. The second-order valence-corrected chi connectivity index (χ2v) is 8.00. The summed E-state index contributed by atoms with van der Waals surface area (Å²) >= 11 is 0. The number of hydrogen-bond acceptors (Lipinski definition) is 5. The molecule has 2 atom stereocenters. The molecular formula is C21H29N5O2. The summed E-state index contributed by atoms with van der Waals surface area (Å²) in [6.45, 7) is 7.73. The van der Waals surface area contributed by atoms with Crippen LogP contribution in [-0.2, 0) is 11.3 Å². The Hall–Kier alpha value is -2.41. The number of aryl methyl sites for hydroxylation is 2. The molecule has 4 rings (SSSR count). The van der Waals surface area contributed by atoms with Crippen LogP contribution in [0.2, 0.25) is 0 Å². The lowest BCUT2D eigenvalue weighted by atomic mass is 9.86. The zero-order valence-corrected chi connectivity index (χ0v) is 16.7. The summed E-state index contributed by atoms with van der Waals surface area (Å²) in [4.78, 5) is 19.1. The van der Waals surface area contributed by atoms with Gasteiger partial charge in [0.25, 0.3) is 5.91 Å². The van der Waals surface area contributed by atoms with Gasteiger partial charge in [0.15, 0.2) is 0 Å². The van der Waals surface area contributed by atoms with Crippen molar-refractivity contribution in [3.05, 3.63) is 42.0 Å². The summed E-state index contributed by atoms with van der Waals surface area (Å²) < 4.78 is 8.09. The molecule has 2 aromatic rings. The molecule has 2 unspecified atom stereocenters. The van der Waals surface area contributed by atoms with Crippen LogP contribution in [0.5, 0.6) is 0 Å². The molecule has 0 aromatic carbocycles. The third-order valence-electron chi connectivity index (χ3n) is 5.81. The summed E-state index contributed by atoms with van der Waals surface area (Å²) in [5, 5.41) is 7.90. The Labute approximate surface area is 166 Å². The first-order valence-corrected chi connectivity index (χ1v) is 10.2. The van der Waals surface area contributed by atoms with Gasteiger partial charge in [0, 0.05) is 43.6 Å². The van der Waals surface area contributed by atoms with Gasteiger partial charge >= 0.3 is 0 Å². The molecule has 0 saturated carbocycles. The molecule has 1 spiro atoms. The molecule has 1 N–H and O–H groups in total. The van der Waals surface area contributed by atoms with Gasteiger partial charge in [0.05, 0.1) is 24.4 Å². The summed E-state index contributed by atoms with van der Waals surface area (Å²) in [5.74, 6) is 0.523. The Morgan fingerprint density at radius 1 is 1.39 bits per heavy atom. The third kappa shape index (κ3) is 3.90. The second kappa shape index (κ2) is 7.91. The van der Waals surface area contributed by atoms with Crippen LogP contribution in [0.15, 0.2) is 30.6 Å². The molecule has 2 saturated heterocycles. The van der Waals surface area contributed by atoms with E-state index >= 15 is 0 Å². The highest BCUT2D eigenvalue weighted by Crippen LogP contribution is 2.38. The number of hydrogen-bond donors (Lipinski definition) is 1. The van der Waals surface area contributed by atoms with Crippen molar-refractivity contribution in [2.24, 2.45) is 5.92 Å². The minimum Gasteiger partial charge on any atom is -0.385 e. The number of piperidine rings is 1. The largest absolute Gasteiger partial charge is 0.385 e. The van der Waals surface area contributed by atoms with Gasteiger partial charge in [-0.05, 0) is 51.3 Å². The molecule has 0 bridgehead atoms. The first-order chi connectivity index (χ1) is 13.6. The number of anilines is 1. The average Bonchev–Trinajstić information content (AvgIpc) is 3.29. The van der Waals surface area contributed by atoms with Crippen LogP contribution in [0.1, 0.15) is 42.4 Å². The van der Waals surface area contributed by atoms with Gasteiger partial charge in [-0.1, -0.05) is 0 Å². The molecule has 28 heavy (non-hydrogen) atoms. The van der Waals surface area contributed by atoms with Crippen LogP contribution in [0, 0.1) is 12.8 Å². The van der Waals surface area contributed by atoms with Gasteiger partial charge in [-0.25, -0.2) is 0 Å². The zero-order chi connectivity index (χ0) is 19.6. The quantitative estimate of drug-likeness (QED) is 0.860. The number of amides is 1. The van der Waals surface area contributed by atoms with Crippen LogP contribution in [0.3, 0.4) is 0 Å². The molecule has 150 valence electrons. The van der Waals surface area contributed by atoms with Crippen molar-refractivity contribution in [1.29, 1.82) is 0 Å². The second-order valence-electron chi connectivity index (χ2n) is 8.00. The fourth-order valence-corrected chi connectivity index (χ4v) is 4.48. The number of pyridine rings is 1. The number of carbonyl (C=O) groups is 1. The van der Waals surface area contributed by atoms with Crippen molar-refractivity contribution >= 4 is 11.6 Å². The van der Waals surface area contributed by atoms with E-state index in [1.807, 2.05) is 36.9 Å². The van der Waals surface area contributed by atoms with E-state index in [4.69, 9.17) is 4.74 Å². The van der Waals surface area contributed by atoms with Gasteiger partial charge in [0.1, 0.15) is 5.69 Å². The lowest BCUT2D eigenvalue weighted by Crippen LogP contribution is -2.50. The fourth-order valence-electron chi connectivity index (χ4n) is 4.48. The van der Waals surface area contributed by atoms with Gasteiger partial charge in [-0.15, -0.1) is 0 Å². The maximum absolute atomic E-state index is 13.1. The number of ether oxygens (including phenoxy) is 1. The minimum atomic E-state index is -0.204. The molecule has 2 aromatic heterocycles. The van der Waals surface area contributed by atoms with Crippen LogP contribution in [-0.4, -0.2) is 57.4 Å². The molecule has 2 aliphatic rings. The van der Waals surface area contributed by atoms with Crippen LogP contribution >= 0.6 is 0 Å². The highest BCUT2D eigenvalue weighted by Gasteiger charge is 2.44. The Balaban J connectivity index is 1.38. The van der Waals surface area contributed by atoms with Crippen molar-refractivity contribution in [2.45, 2.75) is 45.3 Å². The van der Waals surface area contributed by atoms with Crippen molar-refractivity contribution in [3.63, 3.8) is 0 Å². The molecule has 4 heterocycles.